The topological polar surface area (TPSA) is 57.0 Å². The molecule has 0 spiro atoms. The molecule has 0 amide bonds. The Morgan fingerprint density at radius 1 is 0.750 bits per heavy atom. The zero-order valence-electron chi connectivity index (χ0n) is 2.32. The normalized spacial score (nSPS) is 0. The molecule has 16 valence electrons. The standard InChI is InChI=1S/Li.2O.Ti/q+1;2*-2;+4. The summed E-state index contributed by atoms with van der Waals surface area (Å²) in [5, 5.41) is 0. The Hall–Kier alpha value is 1.23. The summed E-state index contributed by atoms with van der Waals surface area (Å²) in [6.07, 6.45) is 0. The molecule has 0 N–H and O–H groups in total. The molecule has 0 saturated carbocycles. The molecule has 0 atom stereocenters. The molecule has 0 heterocycles. The van der Waals surface area contributed by atoms with Gasteiger partial charge in [-0.1, -0.05) is 0 Å². The van der Waals surface area contributed by atoms with Gasteiger partial charge in [-0.05, 0) is 0 Å². The first-order chi connectivity index (χ1) is 0. The maximum atomic E-state index is 0. The van der Waals surface area contributed by atoms with E-state index in [0.29, 0.717) is 0 Å². The van der Waals surface area contributed by atoms with E-state index in [1.165, 1.54) is 0 Å². The molecule has 0 aliphatic rings. The van der Waals surface area contributed by atoms with Gasteiger partial charge in [0, 0.05) is 0 Å². The van der Waals surface area contributed by atoms with E-state index in [4.69, 9.17) is 0 Å². The monoisotopic (exact) mass is 87.0 g/mol. The van der Waals surface area contributed by atoms with Crippen LogP contribution >= 0.6 is 0 Å². The van der Waals surface area contributed by atoms with Crippen molar-refractivity contribution in [1.29, 1.82) is 0 Å². The van der Waals surface area contributed by atoms with Crippen LogP contribution in [0, 0.1) is 0 Å². The first-order valence-corrected chi connectivity index (χ1v) is 0. The first kappa shape index (κ1) is 61.8. The third-order valence-corrected chi connectivity index (χ3v) is 0. The van der Waals surface area contributed by atoms with Gasteiger partial charge in [-0.25, -0.2) is 0 Å². The van der Waals surface area contributed by atoms with Gasteiger partial charge in [-0.3, -0.25) is 0 Å². The van der Waals surface area contributed by atoms with E-state index in [1.54, 1.807) is 0 Å². The number of hydrogen-bond donors (Lipinski definition) is 0. The van der Waals surface area contributed by atoms with Gasteiger partial charge < -0.3 is 11.0 Å². The zero-order valence-corrected chi connectivity index (χ0v) is 3.88. The Bertz CT molecular complexity index is 6.00. The van der Waals surface area contributed by atoms with E-state index in [0.717, 1.165) is 0 Å². The Kier molecular flexibility index (Phi) is 450. The second kappa shape index (κ2) is 29.1. The van der Waals surface area contributed by atoms with E-state index < -0.39 is 0 Å². The molecule has 0 aromatic carbocycles. The van der Waals surface area contributed by atoms with E-state index >= 15 is 0 Å². The maximum Gasteiger partial charge on any atom is 4.00 e. The van der Waals surface area contributed by atoms with Crippen molar-refractivity contribution in [3.05, 3.63) is 0 Å². The fraction of sp³-hybridized carbons (Fsp3) is 0. The summed E-state index contributed by atoms with van der Waals surface area (Å²) >= 11 is 0. The van der Waals surface area contributed by atoms with Gasteiger partial charge in [-0.15, -0.1) is 0 Å². The van der Waals surface area contributed by atoms with E-state index in [1.807, 2.05) is 0 Å². The van der Waals surface area contributed by atoms with Gasteiger partial charge in [0.15, 0.2) is 0 Å². The summed E-state index contributed by atoms with van der Waals surface area (Å²) < 4.78 is 0. The van der Waals surface area contributed by atoms with Crippen molar-refractivity contribution >= 4 is 0 Å². The molecule has 0 fully saturated rings. The third kappa shape index (κ3) is 10.6. The Balaban J connectivity index is 0. The van der Waals surface area contributed by atoms with Crippen LogP contribution in [0.25, 0.3) is 0 Å². The maximum absolute atomic E-state index is 0. The summed E-state index contributed by atoms with van der Waals surface area (Å²) in [6.45, 7) is 0. The van der Waals surface area contributed by atoms with Gasteiger partial charge in [0.05, 0.1) is 0 Å². The van der Waals surface area contributed by atoms with Crippen LogP contribution in [-0.2, 0) is 32.7 Å². The molecule has 4 heteroatoms. The molecule has 0 rings (SSSR count). The molecular weight excluding hydrogens is 86.8 g/mol. The van der Waals surface area contributed by atoms with Crippen LogP contribution in [0.3, 0.4) is 0 Å². The molecule has 0 bridgehead atoms. The second-order valence-electron chi connectivity index (χ2n) is 0. The van der Waals surface area contributed by atoms with Crippen LogP contribution in [-0.4, -0.2) is 0 Å². The minimum Gasteiger partial charge on any atom is -2.00 e. The van der Waals surface area contributed by atoms with Crippen molar-refractivity contribution in [2.75, 3.05) is 0 Å². The third-order valence-electron chi connectivity index (χ3n) is 0. The van der Waals surface area contributed by atoms with E-state index in [9.17, 15) is 0 Å². The smallest absolute Gasteiger partial charge is 2.00 e. The first-order valence-electron chi connectivity index (χ1n) is 0. The molecule has 0 aliphatic heterocycles. The van der Waals surface area contributed by atoms with Gasteiger partial charge >= 0.3 is 40.6 Å². The molecule has 0 saturated heterocycles. The number of rotatable bonds is 0. The molecule has 0 aromatic rings. The largest absolute Gasteiger partial charge is 4.00 e. The van der Waals surface area contributed by atoms with Crippen LogP contribution in [0.1, 0.15) is 0 Å². The summed E-state index contributed by atoms with van der Waals surface area (Å²) in [7, 11) is 0. The predicted octanol–water partition coefficient (Wildman–Crippen LogP) is -3.24. The summed E-state index contributed by atoms with van der Waals surface area (Å²) in [6, 6.07) is 0. The SMILES string of the molecule is [Li+].[O-2].[O-2].[Ti+4]. The molecule has 4 heavy (non-hydrogen) atoms. The van der Waals surface area contributed by atoms with Crippen molar-refractivity contribution < 1.29 is 51.5 Å². The quantitative estimate of drug-likeness (QED) is 0.279. The van der Waals surface area contributed by atoms with Crippen LogP contribution in [0.15, 0.2) is 0 Å². The van der Waals surface area contributed by atoms with Crippen molar-refractivity contribution in [3.63, 3.8) is 0 Å². The minimum absolute atomic E-state index is 0. The molecule has 0 aliphatic carbocycles. The van der Waals surface area contributed by atoms with Crippen LogP contribution < -0.4 is 18.9 Å². The van der Waals surface area contributed by atoms with Gasteiger partial charge in [0.25, 0.3) is 0 Å². The molecule has 0 aromatic heterocycles. The fourth-order valence-electron chi connectivity index (χ4n) is 0. The zero-order chi connectivity index (χ0) is 0. The van der Waals surface area contributed by atoms with Gasteiger partial charge in [0.2, 0.25) is 0 Å². The van der Waals surface area contributed by atoms with Gasteiger partial charge in [0.1, 0.15) is 0 Å². The van der Waals surface area contributed by atoms with Crippen LogP contribution in [0.5, 0.6) is 0 Å². The Labute approximate surface area is 51.6 Å². The van der Waals surface area contributed by atoms with E-state index in [-0.39, 0.29) is 51.5 Å². The molecule has 2 nitrogen and oxygen atoms in total. The van der Waals surface area contributed by atoms with Crippen LogP contribution in [0.4, 0.5) is 0 Å². The van der Waals surface area contributed by atoms with Crippen molar-refractivity contribution in [3.8, 4) is 0 Å². The predicted molar refractivity (Wildman–Crippen MR) is 1.37 cm³/mol. The van der Waals surface area contributed by atoms with Crippen molar-refractivity contribution in [2.24, 2.45) is 0 Å². The summed E-state index contributed by atoms with van der Waals surface area (Å²) in [5.41, 5.74) is 0. The fourth-order valence-corrected chi connectivity index (χ4v) is 0. The Morgan fingerprint density at radius 2 is 0.750 bits per heavy atom. The van der Waals surface area contributed by atoms with Crippen molar-refractivity contribution in [2.45, 2.75) is 0 Å². The molecule has 0 unspecified atom stereocenters. The Morgan fingerprint density at radius 3 is 0.750 bits per heavy atom. The average molecular weight is 86.8 g/mol. The summed E-state index contributed by atoms with van der Waals surface area (Å²) in [5.74, 6) is 0. The van der Waals surface area contributed by atoms with E-state index in [2.05, 4.69) is 0 Å². The molecular formula is LiO2Ti+. The molecule has 0 radical (unpaired) electrons. The van der Waals surface area contributed by atoms with Crippen LogP contribution in [0.2, 0.25) is 0 Å². The van der Waals surface area contributed by atoms with Gasteiger partial charge in [-0.2, -0.15) is 0 Å². The second-order valence-corrected chi connectivity index (χ2v) is 0. The number of hydrogen-bond acceptors (Lipinski definition) is 0. The minimum atomic E-state index is 0. The van der Waals surface area contributed by atoms with Crippen molar-refractivity contribution in [1.82, 2.24) is 0 Å². The average Bonchev–Trinajstić information content (AvgIpc) is 0. The summed E-state index contributed by atoms with van der Waals surface area (Å²) in [4.78, 5) is 0.